The highest BCUT2D eigenvalue weighted by Crippen LogP contribution is 2.23. The highest BCUT2D eigenvalue weighted by molar-refractivity contribution is 5.99. The zero-order chi connectivity index (χ0) is 18.1. The van der Waals surface area contributed by atoms with Gasteiger partial charge in [0.25, 0.3) is 0 Å². The van der Waals surface area contributed by atoms with Crippen LogP contribution in [0.15, 0.2) is 60.7 Å². The van der Waals surface area contributed by atoms with Crippen molar-refractivity contribution in [2.45, 2.75) is 26.8 Å². The fourth-order valence-electron chi connectivity index (χ4n) is 4.00. The minimum Gasteiger partial charge on any atom is -0.318 e. The second-order valence-corrected chi connectivity index (χ2v) is 7.11. The number of benzene rings is 2. The van der Waals surface area contributed by atoms with E-state index in [-0.39, 0.29) is 5.78 Å². The van der Waals surface area contributed by atoms with Gasteiger partial charge in [-0.3, -0.25) is 9.69 Å². The molecule has 0 atom stereocenters. The van der Waals surface area contributed by atoms with E-state index < -0.39 is 0 Å². The SMILES string of the molecule is Cc1cc(C(=O)CN2CCc3ccccc3C2)c(C)n1-c1ccccc1. The van der Waals surface area contributed by atoms with E-state index in [1.165, 1.54) is 11.1 Å². The van der Waals surface area contributed by atoms with Gasteiger partial charge in [-0.25, -0.2) is 0 Å². The van der Waals surface area contributed by atoms with Crippen molar-refractivity contribution in [3.05, 3.63) is 88.7 Å². The number of carbonyl (C=O) groups is 1. The number of Topliss-reactive ketones (excluding diaryl/α,β-unsaturated/α-hetero) is 1. The van der Waals surface area contributed by atoms with Crippen molar-refractivity contribution in [3.8, 4) is 5.69 Å². The molecule has 3 nitrogen and oxygen atoms in total. The molecule has 3 aromatic rings. The Hall–Kier alpha value is -2.65. The standard InChI is InChI=1S/C23H24N2O/c1-17-14-22(18(2)25(17)21-10-4-3-5-11-21)23(26)16-24-13-12-19-8-6-7-9-20(19)15-24/h3-11,14H,12-13,15-16H2,1-2H3. The van der Waals surface area contributed by atoms with Crippen LogP contribution in [0.3, 0.4) is 0 Å². The first-order chi connectivity index (χ1) is 12.6. The molecule has 0 fully saturated rings. The maximum Gasteiger partial charge on any atom is 0.178 e. The molecule has 0 radical (unpaired) electrons. The zero-order valence-electron chi connectivity index (χ0n) is 15.4. The first kappa shape index (κ1) is 16.8. The largest absolute Gasteiger partial charge is 0.318 e. The van der Waals surface area contributed by atoms with Crippen molar-refractivity contribution in [2.75, 3.05) is 13.1 Å². The van der Waals surface area contributed by atoms with E-state index in [1.807, 2.05) is 31.2 Å². The summed E-state index contributed by atoms with van der Waals surface area (Å²) in [6, 6.07) is 20.8. The summed E-state index contributed by atoms with van der Waals surface area (Å²) >= 11 is 0. The lowest BCUT2D eigenvalue weighted by Crippen LogP contribution is -2.35. The van der Waals surface area contributed by atoms with Crippen molar-refractivity contribution in [2.24, 2.45) is 0 Å². The summed E-state index contributed by atoms with van der Waals surface area (Å²) in [4.78, 5) is 15.3. The van der Waals surface area contributed by atoms with Crippen molar-refractivity contribution in [3.63, 3.8) is 0 Å². The molecule has 0 aliphatic carbocycles. The molecule has 3 heteroatoms. The number of nitrogens with zero attached hydrogens (tertiary/aromatic N) is 2. The van der Waals surface area contributed by atoms with Crippen molar-refractivity contribution in [1.29, 1.82) is 0 Å². The van der Waals surface area contributed by atoms with E-state index in [0.29, 0.717) is 6.54 Å². The van der Waals surface area contributed by atoms with Crippen LogP contribution in [-0.2, 0) is 13.0 Å². The third-order valence-electron chi connectivity index (χ3n) is 5.32. The molecular formula is C23H24N2O. The van der Waals surface area contributed by atoms with E-state index in [9.17, 15) is 4.79 Å². The second-order valence-electron chi connectivity index (χ2n) is 7.11. The quantitative estimate of drug-likeness (QED) is 0.658. The molecule has 1 aliphatic rings. The Morgan fingerprint density at radius 3 is 2.42 bits per heavy atom. The van der Waals surface area contributed by atoms with Gasteiger partial charge in [0.15, 0.2) is 5.78 Å². The normalized spacial score (nSPS) is 14.2. The number of rotatable bonds is 4. The van der Waals surface area contributed by atoms with Crippen LogP contribution >= 0.6 is 0 Å². The van der Waals surface area contributed by atoms with Crippen LogP contribution in [0.4, 0.5) is 0 Å². The summed E-state index contributed by atoms with van der Waals surface area (Å²) in [7, 11) is 0. The smallest absolute Gasteiger partial charge is 0.178 e. The predicted molar refractivity (Wildman–Crippen MR) is 105 cm³/mol. The lowest BCUT2D eigenvalue weighted by molar-refractivity contribution is 0.0921. The third kappa shape index (κ3) is 3.11. The van der Waals surface area contributed by atoms with Crippen LogP contribution < -0.4 is 0 Å². The Morgan fingerprint density at radius 1 is 0.962 bits per heavy atom. The van der Waals surface area contributed by atoms with E-state index in [4.69, 9.17) is 0 Å². The molecule has 0 saturated heterocycles. The second kappa shape index (κ2) is 6.93. The lowest BCUT2D eigenvalue weighted by atomic mass is 9.99. The maximum absolute atomic E-state index is 13.0. The molecule has 0 amide bonds. The molecule has 0 bridgehead atoms. The minimum atomic E-state index is 0.208. The maximum atomic E-state index is 13.0. The van der Waals surface area contributed by atoms with Gasteiger partial charge in [-0.1, -0.05) is 42.5 Å². The average Bonchev–Trinajstić information content (AvgIpc) is 2.96. The summed E-state index contributed by atoms with van der Waals surface area (Å²) in [6.45, 7) is 6.39. The first-order valence-corrected chi connectivity index (χ1v) is 9.20. The van der Waals surface area contributed by atoms with Crippen LogP contribution in [-0.4, -0.2) is 28.3 Å². The molecular weight excluding hydrogens is 320 g/mol. The molecule has 132 valence electrons. The molecule has 0 saturated carbocycles. The Balaban J connectivity index is 1.55. The highest BCUT2D eigenvalue weighted by atomic mass is 16.1. The van der Waals surface area contributed by atoms with Gasteiger partial charge in [-0.2, -0.15) is 0 Å². The number of ketones is 1. The van der Waals surface area contributed by atoms with Crippen molar-refractivity contribution >= 4 is 5.78 Å². The number of para-hydroxylation sites is 1. The van der Waals surface area contributed by atoms with Crippen molar-refractivity contribution in [1.82, 2.24) is 9.47 Å². The summed E-state index contributed by atoms with van der Waals surface area (Å²) in [5, 5.41) is 0. The van der Waals surface area contributed by atoms with Crippen molar-refractivity contribution < 1.29 is 4.79 Å². The van der Waals surface area contributed by atoms with E-state index in [0.717, 1.165) is 42.1 Å². The highest BCUT2D eigenvalue weighted by Gasteiger charge is 2.22. The molecule has 1 aromatic heterocycles. The fraction of sp³-hybridized carbons (Fsp3) is 0.261. The number of aromatic nitrogens is 1. The van der Waals surface area contributed by atoms with Gasteiger partial charge in [0.2, 0.25) is 0 Å². The molecule has 4 rings (SSSR count). The number of hydrogen-bond acceptors (Lipinski definition) is 2. The van der Waals surface area contributed by atoms with Gasteiger partial charge in [-0.05, 0) is 49.6 Å². The molecule has 0 unspecified atom stereocenters. The molecule has 1 aliphatic heterocycles. The zero-order valence-corrected chi connectivity index (χ0v) is 15.4. The fourth-order valence-corrected chi connectivity index (χ4v) is 4.00. The number of fused-ring (bicyclic) bond motifs is 1. The average molecular weight is 344 g/mol. The Kier molecular flexibility index (Phi) is 4.48. The summed E-state index contributed by atoms with van der Waals surface area (Å²) in [5.74, 6) is 0.208. The van der Waals surface area contributed by atoms with Gasteiger partial charge >= 0.3 is 0 Å². The van der Waals surface area contributed by atoms with Gasteiger partial charge < -0.3 is 4.57 Å². The number of aryl methyl sites for hydroxylation is 1. The summed E-state index contributed by atoms with van der Waals surface area (Å²) in [5.41, 5.74) is 6.83. The van der Waals surface area contributed by atoms with Crippen LogP contribution in [0.1, 0.15) is 32.9 Å². The van der Waals surface area contributed by atoms with E-state index in [2.05, 4.69) is 52.8 Å². The van der Waals surface area contributed by atoms with E-state index in [1.54, 1.807) is 0 Å². The molecule has 2 heterocycles. The van der Waals surface area contributed by atoms with Crippen LogP contribution in [0.25, 0.3) is 5.69 Å². The van der Waals surface area contributed by atoms with Crippen LogP contribution in [0.2, 0.25) is 0 Å². The summed E-state index contributed by atoms with van der Waals surface area (Å²) in [6.07, 6.45) is 1.02. The lowest BCUT2D eigenvalue weighted by Gasteiger charge is -2.28. The van der Waals surface area contributed by atoms with Crippen LogP contribution in [0.5, 0.6) is 0 Å². The van der Waals surface area contributed by atoms with Crippen LogP contribution in [0, 0.1) is 13.8 Å². The van der Waals surface area contributed by atoms with Gasteiger partial charge in [0.1, 0.15) is 0 Å². The number of carbonyl (C=O) groups excluding carboxylic acids is 1. The summed E-state index contributed by atoms with van der Waals surface area (Å²) < 4.78 is 2.17. The Labute approximate surface area is 154 Å². The topological polar surface area (TPSA) is 25.2 Å². The molecule has 2 aromatic carbocycles. The van der Waals surface area contributed by atoms with Gasteiger partial charge in [0.05, 0.1) is 6.54 Å². The molecule has 26 heavy (non-hydrogen) atoms. The molecule has 0 N–H and O–H groups in total. The van der Waals surface area contributed by atoms with E-state index >= 15 is 0 Å². The minimum absolute atomic E-state index is 0.208. The Morgan fingerprint density at radius 2 is 1.65 bits per heavy atom. The number of hydrogen-bond donors (Lipinski definition) is 0. The predicted octanol–water partition coefficient (Wildman–Crippen LogP) is 4.34. The first-order valence-electron chi connectivity index (χ1n) is 9.20. The monoisotopic (exact) mass is 344 g/mol. The molecule has 0 spiro atoms. The van der Waals surface area contributed by atoms with Gasteiger partial charge in [-0.15, -0.1) is 0 Å². The Bertz CT molecular complexity index is 940. The van der Waals surface area contributed by atoms with Gasteiger partial charge in [0, 0.05) is 35.7 Å². The third-order valence-corrected chi connectivity index (χ3v) is 5.32.